The molecule has 0 bridgehead atoms. The van der Waals surface area contributed by atoms with Crippen LogP contribution in [0.4, 0.5) is 5.13 Å². The highest BCUT2D eigenvalue weighted by Crippen LogP contribution is 2.31. The summed E-state index contributed by atoms with van der Waals surface area (Å²) in [7, 11) is 1.62. The SMILES string of the molecule is COc1cccc(-c2nnc(NC(=O)CCN(C(=O)C3CCCC3)C3CCCCC3)s2)c1. The first-order valence-corrected chi connectivity index (χ1v) is 12.5. The molecule has 0 aliphatic heterocycles. The molecule has 2 aliphatic carbocycles. The van der Waals surface area contributed by atoms with E-state index < -0.39 is 0 Å². The third-order valence-electron chi connectivity index (χ3n) is 6.57. The Bertz CT molecular complexity index is 919. The Kier molecular flexibility index (Phi) is 7.73. The van der Waals surface area contributed by atoms with Gasteiger partial charge in [0, 0.05) is 30.5 Å². The van der Waals surface area contributed by atoms with Crippen LogP contribution in [-0.2, 0) is 9.59 Å². The second kappa shape index (κ2) is 10.9. The lowest BCUT2D eigenvalue weighted by molar-refractivity contribution is -0.138. The van der Waals surface area contributed by atoms with E-state index in [0.717, 1.165) is 54.8 Å². The number of benzene rings is 1. The number of methoxy groups -OCH3 is 1. The van der Waals surface area contributed by atoms with Crippen LogP contribution in [0.1, 0.15) is 64.2 Å². The number of rotatable bonds is 8. The smallest absolute Gasteiger partial charge is 0.227 e. The molecule has 32 heavy (non-hydrogen) atoms. The summed E-state index contributed by atoms with van der Waals surface area (Å²) in [5.74, 6) is 1.03. The maximum atomic E-state index is 13.2. The number of carbonyl (C=O) groups is 2. The monoisotopic (exact) mass is 456 g/mol. The Morgan fingerprint density at radius 2 is 1.84 bits per heavy atom. The number of carbonyl (C=O) groups excluding carboxylic acids is 2. The highest BCUT2D eigenvalue weighted by atomic mass is 32.1. The highest BCUT2D eigenvalue weighted by molar-refractivity contribution is 7.18. The van der Waals surface area contributed by atoms with Crippen LogP contribution in [-0.4, -0.2) is 46.6 Å². The van der Waals surface area contributed by atoms with Gasteiger partial charge in [0.2, 0.25) is 16.9 Å². The summed E-state index contributed by atoms with van der Waals surface area (Å²) in [6, 6.07) is 7.88. The third kappa shape index (κ3) is 5.65. The van der Waals surface area contributed by atoms with E-state index in [1.807, 2.05) is 29.2 Å². The van der Waals surface area contributed by atoms with Crippen molar-refractivity contribution < 1.29 is 14.3 Å². The molecule has 7 nitrogen and oxygen atoms in total. The van der Waals surface area contributed by atoms with Gasteiger partial charge in [0.05, 0.1) is 7.11 Å². The van der Waals surface area contributed by atoms with E-state index in [-0.39, 0.29) is 30.2 Å². The fourth-order valence-electron chi connectivity index (χ4n) is 4.82. The van der Waals surface area contributed by atoms with Gasteiger partial charge in [-0.3, -0.25) is 9.59 Å². The molecule has 1 heterocycles. The van der Waals surface area contributed by atoms with Crippen molar-refractivity contribution in [3.05, 3.63) is 24.3 Å². The summed E-state index contributed by atoms with van der Waals surface area (Å²) in [6.45, 7) is 0.480. The van der Waals surface area contributed by atoms with E-state index in [9.17, 15) is 9.59 Å². The molecule has 0 saturated heterocycles. The summed E-state index contributed by atoms with van der Waals surface area (Å²) in [5.41, 5.74) is 0.896. The average molecular weight is 457 g/mol. The van der Waals surface area contributed by atoms with E-state index in [2.05, 4.69) is 15.5 Å². The largest absolute Gasteiger partial charge is 0.497 e. The van der Waals surface area contributed by atoms with Crippen molar-refractivity contribution in [2.75, 3.05) is 19.0 Å². The Labute approximate surface area is 193 Å². The number of anilines is 1. The Morgan fingerprint density at radius 1 is 1.09 bits per heavy atom. The predicted octanol–water partition coefficient (Wildman–Crippen LogP) is 4.89. The van der Waals surface area contributed by atoms with Gasteiger partial charge in [-0.15, -0.1) is 10.2 Å². The number of nitrogens with one attached hydrogen (secondary N) is 1. The van der Waals surface area contributed by atoms with Crippen LogP contribution in [0.15, 0.2) is 24.3 Å². The summed E-state index contributed by atoms with van der Waals surface area (Å²) >= 11 is 1.33. The van der Waals surface area contributed by atoms with Crippen molar-refractivity contribution in [2.45, 2.75) is 70.3 Å². The van der Waals surface area contributed by atoms with Crippen LogP contribution in [0.2, 0.25) is 0 Å². The van der Waals surface area contributed by atoms with Crippen LogP contribution < -0.4 is 10.1 Å². The van der Waals surface area contributed by atoms with Crippen LogP contribution in [0.3, 0.4) is 0 Å². The zero-order valence-electron chi connectivity index (χ0n) is 18.7. The molecule has 2 saturated carbocycles. The van der Waals surface area contributed by atoms with E-state index in [0.29, 0.717) is 11.7 Å². The number of hydrogen-bond acceptors (Lipinski definition) is 6. The molecule has 2 aromatic rings. The molecular weight excluding hydrogens is 424 g/mol. The van der Waals surface area contributed by atoms with Crippen LogP contribution in [0, 0.1) is 5.92 Å². The first-order chi connectivity index (χ1) is 15.6. The Morgan fingerprint density at radius 3 is 2.59 bits per heavy atom. The summed E-state index contributed by atoms with van der Waals surface area (Å²) in [4.78, 5) is 27.9. The Balaban J connectivity index is 1.35. The average Bonchev–Trinajstić information content (AvgIpc) is 3.52. The maximum absolute atomic E-state index is 13.2. The third-order valence-corrected chi connectivity index (χ3v) is 7.46. The van der Waals surface area contributed by atoms with Gasteiger partial charge in [-0.1, -0.05) is 55.6 Å². The molecular formula is C24H32N4O3S. The molecule has 2 fully saturated rings. The minimum atomic E-state index is -0.127. The lowest BCUT2D eigenvalue weighted by Crippen LogP contribution is -2.45. The molecule has 8 heteroatoms. The molecule has 0 spiro atoms. The number of ether oxygens (including phenoxy) is 1. The van der Waals surface area contributed by atoms with Crippen LogP contribution in [0.5, 0.6) is 5.75 Å². The molecule has 2 amide bonds. The van der Waals surface area contributed by atoms with Gasteiger partial charge in [0.15, 0.2) is 0 Å². The molecule has 0 atom stereocenters. The summed E-state index contributed by atoms with van der Waals surface area (Å²) in [5, 5.41) is 12.4. The molecule has 0 unspecified atom stereocenters. The van der Waals surface area contributed by atoms with Gasteiger partial charge >= 0.3 is 0 Å². The molecule has 1 aromatic carbocycles. The first kappa shape index (κ1) is 22.7. The number of amides is 2. The van der Waals surface area contributed by atoms with E-state index >= 15 is 0 Å². The maximum Gasteiger partial charge on any atom is 0.227 e. The molecule has 2 aliphatic rings. The van der Waals surface area contributed by atoms with Crippen LogP contribution in [0.25, 0.3) is 10.6 Å². The fourth-order valence-corrected chi connectivity index (χ4v) is 5.58. The van der Waals surface area contributed by atoms with Crippen molar-refractivity contribution in [1.29, 1.82) is 0 Å². The summed E-state index contributed by atoms with van der Waals surface area (Å²) < 4.78 is 5.26. The van der Waals surface area contributed by atoms with Crippen molar-refractivity contribution in [3.63, 3.8) is 0 Å². The van der Waals surface area contributed by atoms with Crippen molar-refractivity contribution in [1.82, 2.24) is 15.1 Å². The van der Waals surface area contributed by atoms with Gasteiger partial charge in [-0.25, -0.2) is 0 Å². The zero-order valence-corrected chi connectivity index (χ0v) is 19.5. The molecule has 172 valence electrons. The zero-order chi connectivity index (χ0) is 22.3. The lowest BCUT2D eigenvalue weighted by Gasteiger charge is -2.36. The minimum Gasteiger partial charge on any atom is -0.497 e. The van der Waals surface area contributed by atoms with Crippen molar-refractivity contribution in [3.8, 4) is 16.3 Å². The van der Waals surface area contributed by atoms with Gasteiger partial charge in [0.25, 0.3) is 0 Å². The fraction of sp³-hybridized carbons (Fsp3) is 0.583. The number of aromatic nitrogens is 2. The van der Waals surface area contributed by atoms with Crippen LogP contribution >= 0.6 is 11.3 Å². The van der Waals surface area contributed by atoms with Gasteiger partial charge < -0.3 is 15.0 Å². The molecule has 1 N–H and O–H groups in total. The van der Waals surface area contributed by atoms with Crippen molar-refractivity contribution in [2.24, 2.45) is 5.92 Å². The van der Waals surface area contributed by atoms with E-state index in [4.69, 9.17) is 4.74 Å². The first-order valence-electron chi connectivity index (χ1n) is 11.7. The van der Waals surface area contributed by atoms with E-state index in [1.165, 1.54) is 30.6 Å². The van der Waals surface area contributed by atoms with E-state index in [1.54, 1.807) is 7.11 Å². The molecule has 0 radical (unpaired) electrons. The second-order valence-electron chi connectivity index (χ2n) is 8.75. The predicted molar refractivity (Wildman–Crippen MR) is 126 cm³/mol. The summed E-state index contributed by atoms with van der Waals surface area (Å²) in [6.07, 6.45) is 10.2. The number of hydrogen-bond donors (Lipinski definition) is 1. The highest BCUT2D eigenvalue weighted by Gasteiger charge is 2.32. The topological polar surface area (TPSA) is 84.4 Å². The molecule has 4 rings (SSSR count). The quantitative estimate of drug-likeness (QED) is 0.611. The lowest BCUT2D eigenvalue weighted by atomic mass is 9.92. The normalized spacial score (nSPS) is 17.3. The second-order valence-corrected chi connectivity index (χ2v) is 9.72. The standard InChI is InChI=1S/C24H32N4O3S/c1-31-20-13-7-10-18(16-20)22-26-27-24(32-22)25-21(29)14-15-28(19-11-3-2-4-12-19)23(30)17-8-5-6-9-17/h7,10,13,16-17,19H,2-6,8-9,11-12,14-15H2,1H3,(H,25,27,29). The van der Waals surface area contributed by atoms with Gasteiger partial charge in [-0.2, -0.15) is 0 Å². The van der Waals surface area contributed by atoms with Gasteiger partial charge in [-0.05, 0) is 37.8 Å². The minimum absolute atomic E-state index is 0.127. The number of nitrogens with zero attached hydrogens (tertiary/aromatic N) is 3. The Hall–Kier alpha value is -2.48. The molecule has 1 aromatic heterocycles. The van der Waals surface area contributed by atoms with Gasteiger partial charge in [0.1, 0.15) is 10.8 Å². The van der Waals surface area contributed by atoms with Crippen molar-refractivity contribution >= 4 is 28.3 Å².